The molecule has 0 aliphatic carbocycles. The van der Waals surface area contributed by atoms with Crippen molar-refractivity contribution in [2.45, 2.75) is 35.9 Å². The molecular formula is C44H39N3O7S2. The molecule has 12 heteroatoms. The zero-order chi connectivity index (χ0) is 39.0. The van der Waals surface area contributed by atoms with Gasteiger partial charge in [0.1, 0.15) is 24.4 Å². The minimum Gasteiger partial charge on any atom is -0.457 e. The average Bonchev–Trinajstić information content (AvgIpc) is 3.67. The van der Waals surface area contributed by atoms with Crippen LogP contribution in [0.2, 0.25) is 0 Å². The lowest BCUT2D eigenvalue weighted by Gasteiger charge is -2.18. The fraction of sp³-hybridized carbons (Fsp3) is 0.159. The van der Waals surface area contributed by atoms with E-state index in [-0.39, 0.29) is 42.1 Å². The van der Waals surface area contributed by atoms with Crippen LogP contribution in [-0.4, -0.2) is 52.3 Å². The first-order valence-corrected chi connectivity index (χ1v) is 20.0. The molecule has 56 heavy (non-hydrogen) atoms. The average molecular weight is 786 g/mol. The summed E-state index contributed by atoms with van der Waals surface area (Å²) in [7, 11) is 0. The highest BCUT2D eigenvalue weighted by Gasteiger charge is 2.27. The monoisotopic (exact) mass is 785 g/mol. The summed E-state index contributed by atoms with van der Waals surface area (Å²) in [5.41, 5.74) is 2.78. The molecule has 5 aromatic carbocycles. The van der Waals surface area contributed by atoms with Crippen LogP contribution in [-0.2, 0) is 38.0 Å². The molecule has 0 aliphatic rings. The number of rotatable bonds is 18. The summed E-state index contributed by atoms with van der Waals surface area (Å²) in [6.45, 7) is -0.665. The van der Waals surface area contributed by atoms with Crippen molar-refractivity contribution in [1.29, 1.82) is 0 Å². The molecule has 284 valence electrons. The molecule has 1 heterocycles. The predicted molar refractivity (Wildman–Crippen MR) is 217 cm³/mol. The van der Waals surface area contributed by atoms with Gasteiger partial charge in [0.25, 0.3) is 11.8 Å². The van der Waals surface area contributed by atoms with E-state index in [4.69, 9.17) is 13.9 Å². The summed E-state index contributed by atoms with van der Waals surface area (Å²) in [5.74, 6) is -0.690. The molecule has 2 amide bonds. The number of nitrogens with one attached hydrogen (secondary N) is 2. The molecule has 0 radical (unpaired) electrons. The molecule has 2 atom stereocenters. The molecule has 0 aliphatic heterocycles. The Labute approximate surface area is 333 Å². The zero-order valence-corrected chi connectivity index (χ0v) is 31.9. The lowest BCUT2D eigenvalue weighted by Crippen LogP contribution is -2.43. The Balaban J connectivity index is 1.16. The third-order valence-corrected chi connectivity index (χ3v) is 10.5. The van der Waals surface area contributed by atoms with E-state index >= 15 is 0 Å². The van der Waals surface area contributed by atoms with Gasteiger partial charge in [-0.3, -0.25) is 9.59 Å². The van der Waals surface area contributed by atoms with Crippen LogP contribution in [0.15, 0.2) is 161 Å². The van der Waals surface area contributed by atoms with E-state index in [0.29, 0.717) is 22.4 Å². The van der Waals surface area contributed by atoms with E-state index in [1.54, 1.807) is 60.7 Å². The number of hydrogen-bond donors (Lipinski definition) is 2. The molecular weight excluding hydrogens is 747 g/mol. The molecule has 0 spiro atoms. The second kappa shape index (κ2) is 20.5. The first-order chi connectivity index (χ1) is 27.4. The van der Waals surface area contributed by atoms with Gasteiger partial charge in [-0.05, 0) is 54.1 Å². The molecule has 0 fully saturated rings. The normalized spacial score (nSPS) is 11.9. The second-order valence-corrected chi connectivity index (χ2v) is 14.5. The summed E-state index contributed by atoms with van der Waals surface area (Å²) < 4.78 is 17.6. The minimum atomic E-state index is -1.00. The molecule has 10 nitrogen and oxygen atoms in total. The largest absolute Gasteiger partial charge is 0.457 e. The first kappa shape index (κ1) is 39.6. The summed E-state index contributed by atoms with van der Waals surface area (Å²) in [6, 6.07) is 43.7. The highest BCUT2D eigenvalue weighted by Crippen LogP contribution is 2.25. The maximum absolute atomic E-state index is 13.6. The van der Waals surface area contributed by atoms with E-state index in [2.05, 4.69) is 15.6 Å². The highest BCUT2D eigenvalue weighted by atomic mass is 32.2. The molecule has 0 bridgehead atoms. The summed E-state index contributed by atoms with van der Waals surface area (Å²) in [4.78, 5) is 59.0. The number of benzene rings is 5. The maximum atomic E-state index is 13.6. The van der Waals surface area contributed by atoms with Crippen LogP contribution in [0.25, 0.3) is 11.5 Å². The molecule has 2 N–H and O–H groups in total. The number of hydrogen-bond acceptors (Lipinski definition) is 10. The van der Waals surface area contributed by atoms with E-state index < -0.39 is 35.8 Å². The zero-order valence-electron chi connectivity index (χ0n) is 30.2. The molecule has 1 aromatic heterocycles. The SMILES string of the molecule is O=C(N[C@@H](CSc1ccccc1)C(=O)OCc1nc(-c2ccccc2)oc1COC(=O)[C@@H](CSCc1ccccc1)NC(=O)c1ccccc1)c1ccccc1. The number of carbonyl (C=O) groups is 4. The predicted octanol–water partition coefficient (Wildman–Crippen LogP) is 7.75. The van der Waals surface area contributed by atoms with Crippen molar-refractivity contribution < 1.29 is 33.1 Å². The topological polar surface area (TPSA) is 137 Å². The first-order valence-electron chi connectivity index (χ1n) is 17.8. The fourth-order valence-corrected chi connectivity index (χ4v) is 7.28. The fourth-order valence-electron chi connectivity index (χ4n) is 5.36. The Kier molecular flexibility index (Phi) is 14.5. The lowest BCUT2D eigenvalue weighted by atomic mass is 10.2. The number of nitrogens with zero attached hydrogens (tertiary/aromatic N) is 1. The number of carbonyl (C=O) groups excluding carboxylic acids is 4. The Bertz CT molecular complexity index is 2170. The van der Waals surface area contributed by atoms with Crippen LogP contribution in [0, 0.1) is 0 Å². The van der Waals surface area contributed by atoms with Gasteiger partial charge < -0.3 is 24.5 Å². The van der Waals surface area contributed by atoms with E-state index in [0.717, 1.165) is 10.5 Å². The molecule has 6 rings (SSSR count). The number of ether oxygens (including phenoxy) is 2. The third-order valence-electron chi connectivity index (χ3n) is 8.30. The molecule has 0 unspecified atom stereocenters. The molecule has 0 saturated heterocycles. The van der Waals surface area contributed by atoms with Gasteiger partial charge in [0.2, 0.25) is 5.89 Å². The number of esters is 2. The van der Waals surface area contributed by atoms with Gasteiger partial charge in [-0.25, -0.2) is 14.6 Å². The van der Waals surface area contributed by atoms with Crippen molar-refractivity contribution >= 4 is 47.3 Å². The standard InChI is InChI=1S/C44H39N3O7S2/c48-40(32-18-8-2-9-19-32)45-37(29-55-28-31-16-6-1-7-17-31)43(50)53-27-39-36(47-42(54-39)34-22-12-4-13-23-34)26-52-44(51)38(30-56-35-24-14-5-15-25-35)46-41(49)33-20-10-3-11-21-33/h1-25,37-38H,26-30H2,(H,45,48)(H,46,49)/t37-,38+/m1/s1. The van der Waals surface area contributed by atoms with Crippen LogP contribution in [0.1, 0.15) is 37.7 Å². The Hall–Kier alpha value is -6.11. The van der Waals surface area contributed by atoms with Crippen molar-refractivity contribution in [1.82, 2.24) is 15.6 Å². The van der Waals surface area contributed by atoms with Crippen molar-refractivity contribution in [3.05, 3.63) is 180 Å². The maximum Gasteiger partial charge on any atom is 0.329 e. The summed E-state index contributed by atoms with van der Waals surface area (Å²) in [6.07, 6.45) is 0. The minimum absolute atomic E-state index is 0.165. The van der Waals surface area contributed by atoms with Crippen molar-refractivity contribution in [3.8, 4) is 11.5 Å². The van der Waals surface area contributed by atoms with E-state index in [1.165, 1.54) is 23.5 Å². The van der Waals surface area contributed by atoms with Crippen LogP contribution in [0.4, 0.5) is 0 Å². The van der Waals surface area contributed by atoms with Crippen molar-refractivity contribution in [3.63, 3.8) is 0 Å². The smallest absolute Gasteiger partial charge is 0.329 e. The van der Waals surface area contributed by atoms with E-state index in [1.807, 2.05) is 91.0 Å². The van der Waals surface area contributed by atoms with Gasteiger partial charge in [0, 0.05) is 38.8 Å². The second-order valence-electron chi connectivity index (χ2n) is 12.4. The van der Waals surface area contributed by atoms with Gasteiger partial charge >= 0.3 is 11.9 Å². The summed E-state index contributed by atoms with van der Waals surface area (Å²) in [5, 5.41) is 5.63. The molecule has 6 aromatic rings. The van der Waals surface area contributed by atoms with Gasteiger partial charge in [-0.15, -0.1) is 11.8 Å². The highest BCUT2D eigenvalue weighted by molar-refractivity contribution is 7.99. The van der Waals surface area contributed by atoms with Crippen molar-refractivity contribution in [2.24, 2.45) is 0 Å². The van der Waals surface area contributed by atoms with Gasteiger partial charge in [-0.2, -0.15) is 11.8 Å². The van der Waals surface area contributed by atoms with Crippen LogP contribution in [0.5, 0.6) is 0 Å². The molecule has 0 saturated carbocycles. The Morgan fingerprint density at radius 3 is 1.64 bits per heavy atom. The number of aromatic nitrogens is 1. The van der Waals surface area contributed by atoms with Gasteiger partial charge in [0.15, 0.2) is 12.4 Å². The number of oxazole rings is 1. The van der Waals surface area contributed by atoms with Crippen LogP contribution in [0.3, 0.4) is 0 Å². The summed E-state index contributed by atoms with van der Waals surface area (Å²) >= 11 is 2.89. The van der Waals surface area contributed by atoms with Crippen LogP contribution < -0.4 is 10.6 Å². The van der Waals surface area contributed by atoms with Crippen molar-refractivity contribution in [2.75, 3.05) is 11.5 Å². The van der Waals surface area contributed by atoms with Gasteiger partial charge in [-0.1, -0.05) is 103 Å². The quantitative estimate of drug-likeness (QED) is 0.0658. The number of thioether (sulfide) groups is 2. The number of amides is 2. The Morgan fingerprint density at radius 2 is 1.07 bits per heavy atom. The Morgan fingerprint density at radius 1 is 0.589 bits per heavy atom. The van der Waals surface area contributed by atoms with E-state index in [9.17, 15) is 19.2 Å². The van der Waals surface area contributed by atoms with Crippen LogP contribution >= 0.6 is 23.5 Å². The van der Waals surface area contributed by atoms with Gasteiger partial charge in [0.05, 0.1) is 0 Å². The third kappa shape index (κ3) is 11.7. The lowest BCUT2D eigenvalue weighted by molar-refractivity contribution is -0.148.